The summed E-state index contributed by atoms with van der Waals surface area (Å²) in [5.41, 5.74) is 1.08. The van der Waals surface area contributed by atoms with Crippen LogP contribution in [0.5, 0.6) is 0 Å². The molecule has 0 bridgehead atoms. The second kappa shape index (κ2) is 7.85. The zero-order chi connectivity index (χ0) is 14.2. The average molecular weight is 250 g/mol. The maximum atomic E-state index is 11.8. The van der Waals surface area contributed by atoms with Gasteiger partial charge >= 0.3 is 0 Å². The van der Waals surface area contributed by atoms with Gasteiger partial charge in [0, 0.05) is 24.9 Å². The lowest BCUT2D eigenvalue weighted by Crippen LogP contribution is -2.35. The highest BCUT2D eigenvalue weighted by molar-refractivity contribution is 5.78. The highest BCUT2D eigenvalue weighted by Gasteiger charge is 2.26. The normalized spacial score (nSPS) is 12.1. The Bertz CT molecular complexity index is 341. The molecule has 1 rings (SSSR count). The first-order valence-electron chi connectivity index (χ1n) is 6.58. The predicted molar refractivity (Wildman–Crippen MR) is 76.1 cm³/mol. The van der Waals surface area contributed by atoms with Gasteiger partial charge in [-0.15, -0.1) is 0 Å². The van der Waals surface area contributed by atoms with Gasteiger partial charge in [-0.2, -0.15) is 0 Å². The quantitative estimate of drug-likeness (QED) is 0.893. The molecule has 1 unspecified atom stereocenters. The molecule has 0 radical (unpaired) electrons. The van der Waals surface area contributed by atoms with Crippen molar-refractivity contribution in [1.82, 2.24) is 10.3 Å². The molecule has 102 valence electrons. The van der Waals surface area contributed by atoms with Gasteiger partial charge in [0.2, 0.25) is 5.91 Å². The van der Waals surface area contributed by atoms with E-state index in [0.717, 1.165) is 5.56 Å². The van der Waals surface area contributed by atoms with E-state index in [0.29, 0.717) is 6.54 Å². The zero-order valence-corrected chi connectivity index (χ0v) is 12.4. The number of amides is 1. The minimum absolute atomic E-state index is 0.00231. The molecule has 0 saturated carbocycles. The summed E-state index contributed by atoms with van der Waals surface area (Å²) in [5, 5.41) is 2.94. The number of rotatable bonds is 3. The Hall–Kier alpha value is -1.38. The highest BCUT2D eigenvalue weighted by Crippen LogP contribution is 2.25. The Morgan fingerprint density at radius 1 is 1.28 bits per heavy atom. The summed E-state index contributed by atoms with van der Waals surface area (Å²) in [6, 6.07) is 3.81. The summed E-state index contributed by atoms with van der Waals surface area (Å²) in [4.78, 5) is 15.8. The molecule has 1 heterocycles. The van der Waals surface area contributed by atoms with Crippen molar-refractivity contribution in [3.63, 3.8) is 0 Å². The van der Waals surface area contributed by atoms with E-state index in [2.05, 4.69) is 31.1 Å². The van der Waals surface area contributed by atoms with Gasteiger partial charge in [0.1, 0.15) is 0 Å². The molecule has 1 N–H and O–H groups in total. The molecule has 1 aromatic rings. The fraction of sp³-hybridized carbons (Fsp3) is 0.600. The van der Waals surface area contributed by atoms with E-state index in [1.165, 1.54) is 0 Å². The highest BCUT2D eigenvalue weighted by atomic mass is 16.1. The number of pyridine rings is 1. The van der Waals surface area contributed by atoms with E-state index >= 15 is 0 Å². The van der Waals surface area contributed by atoms with Crippen LogP contribution in [0.15, 0.2) is 24.5 Å². The van der Waals surface area contributed by atoms with Gasteiger partial charge < -0.3 is 5.32 Å². The van der Waals surface area contributed by atoms with Crippen molar-refractivity contribution < 1.29 is 4.79 Å². The molecule has 0 fully saturated rings. The summed E-state index contributed by atoms with van der Waals surface area (Å²) in [7, 11) is 0. The van der Waals surface area contributed by atoms with Crippen LogP contribution in [0.4, 0.5) is 0 Å². The van der Waals surface area contributed by atoms with Gasteiger partial charge in [0.15, 0.2) is 0 Å². The third kappa shape index (κ3) is 5.80. The number of carbonyl (C=O) groups excluding carboxylic acids is 1. The Balaban J connectivity index is 0.00000137. The van der Waals surface area contributed by atoms with E-state index in [1.54, 1.807) is 12.4 Å². The first kappa shape index (κ1) is 16.6. The van der Waals surface area contributed by atoms with Crippen molar-refractivity contribution in [2.24, 2.45) is 11.3 Å². The second-order valence-corrected chi connectivity index (χ2v) is 5.16. The van der Waals surface area contributed by atoms with Gasteiger partial charge in [-0.1, -0.05) is 41.5 Å². The monoisotopic (exact) mass is 250 g/mol. The van der Waals surface area contributed by atoms with Crippen LogP contribution in [0.1, 0.15) is 47.1 Å². The number of hydrogen-bond acceptors (Lipinski definition) is 2. The van der Waals surface area contributed by atoms with Gasteiger partial charge in [-0.25, -0.2) is 0 Å². The average Bonchev–Trinajstić information content (AvgIpc) is 2.37. The molecular formula is C15H26N2O. The topological polar surface area (TPSA) is 42.0 Å². The molecule has 0 aliphatic rings. The SMILES string of the molecule is CC.CC(C(=O)NCc1ccncc1)C(C)(C)C. The summed E-state index contributed by atoms with van der Waals surface area (Å²) >= 11 is 0. The first-order chi connectivity index (χ1) is 8.41. The maximum absolute atomic E-state index is 11.8. The summed E-state index contributed by atoms with van der Waals surface area (Å²) in [6.07, 6.45) is 3.46. The van der Waals surface area contributed by atoms with Crippen molar-refractivity contribution >= 4 is 5.91 Å². The van der Waals surface area contributed by atoms with Gasteiger partial charge in [0.25, 0.3) is 0 Å². The van der Waals surface area contributed by atoms with Crippen LogP contribution in [0.25, 0.3) is 0 Å². The largest absolute Gasteiger partial charge is 0.352 e. The van der Waals surface area contributed by atoms with E-state index in [4.69, 9.17) is 0 Å². The Kier molecular flexibility index (Phi) is 7.25. The van der Waals surface area contributed by atoms with Crippen molar-refractivity contribution in [3.8, 4) is 0 Å². The molecule has 3 nitrogen and oxygen atoms in total. The summed E-state index contributed by atoms with van der Waals surface area (Å²) < 4.78 is 0. The third-order valence-corrected chi connectivity index (χ3v) is 2.91. The van der Waals surface area contributed by atoms with Crippen molar-refractivity contribution in [1.29, 1.82) is 0 Å². The van der Waals surface area contributed by atoms with E-state index < -0.39 is 0 Å². The molecule has 1 aromatic heterocycles. The molecule has 3 heteroatoms. The molecule has 0 saturated heterocycles. The molecule has 1 atom stereocenters. The van der Waals surface area contributed by atoms with Crippen LogP contribution in [-0.2, 0) is 11.3 Å². The van der Waals surface area contributed by atoms with E-state index in [-0.39, 0.29) is 17.2 Å². The number of aromatic nitrogens is 1. The van der Waals surface area contributed by atoms with E-state index in [1.807, 2.05) is 32.9 Å². The minimum atomic E-state index is 0.00231. The van der Waals surface area contributed by atoms with Crippen LogP contribution in [0.2, 0.25) is 0 Å². The van der Waals surface area contributed by atoms with Crippen LogP contribution >= 0.6 is 0 Å². The Morgan fingerprint density at radius 3 is 2.22 bits per heavy atom. The van der Waals surface area contributed by atoms with Crippen LogP contribution in [0.3, 0.4) is 0 Å². The van der Waals surface area contributed by atoms with Crippen LogP contribution < -0.4 is 5.32 Å². The summed E-state index contributed by atoms with van der Waals surface area (Å²) in [6.45, 7) is 12.8. The number of carbonyl (C=O) groups is 1. The van der Waals surface area contributed by atoms with Crippen molar-refractivity contribution in [2.45, 2.75) is 48.1 Å². The first-order valence-corrected chi connectivity index (χ1v) is 6.58. The van der Waals surface area contributed by atoms with E-state index in [9.17, 15) is 4.79 Å². The van der Waals surface area contributed by atoms with Gasteiger partial charge in [0.05, 0.1) is 0 Å². The molecular weight excluding hydrogens is 224 g/mol. The lowest BCUT2D eigenvalue weighted by molar-refractivity contribution is -0.127. The Labute approximate surface area is 111 Å². The van der Waals surface area contributed by atoms with Crippen LogP contribution in [0, 0.1) is 11.3 Å². The number of hydrogen-bond donors (Lipinski definition) is 1. The van der Waals surface area contributed by atoms with Gasteiger partial charge in [-0.3, -0.25) is 9.78 Å². The number of nitrogens with zero attached hydrogens (tertiary/aromatic N) is 1. The molecule has 1 amide bonds. The second-order valence-electron chi connectivity index (χ2n) is 5.16. The summed E-state index contributed by atoms with van der Waals surface area (Å²) in [5.74, 6) is 0.110. The molecule has 0 aliphatic carbocycles. The maximum Gasteiger partial charge on any atom is 0.223 e. The lowest BCUT2D eigenvalue weighted by atomic mass is 9.81. The fourth-order valence-electron chi connectivity index (χ4n) is 1.24. The van der Waals surface area contributed by atoms with Crippen molar-refractivity contribution in [2.75, 3.05) is 0 Å². The zero-order valence-electron chi connectivity index (χ0n) is 12.4. The molecule has 0 aliphatic heterocycles. The minimum Gasteiger partial charge on any atom is -0.352 e. The third-order valence-electron chi connectivity index (χ3n) is 2.91. The molecule has 18 heavy (non-hydrogen) atoms. The lowest BCUT2D eigenvalue weighted by Gasteiger charge is -2.26. The molecule has 0 aromatic carbocycles. The molecule has 0 spiro atoms. The van der Waals surface area contributed by atoms with Gasteiger partial charge in [-0.05, 0) is 23.1 Å². The predicted octanol–water partition coefficient (Wildman–Crippen LogP) is 3.41. The standard InChI is InChI=1S/C13H20N2O.C2H6/c1-10(13(2,3)4)12(16)15-9-11-5-7-14-8-6-11;1-2/h5-8,10H,9H2,1-4H3,(H,15,16);1-2H3. The number of nitrogens with one attached hydrogen (secondary N) is 1. The smallest absolute Gasteiger partial charge is 0.223 e. The fourth-order valence-corrected chi connectivity index (χ4v) is 1.24. The Morgan fingerprint density at radius 2 is 1.78 bits per heavy atom. The van der Waals surface area contributed by atoms with Crippen molar-refractivity contribution in [3.05, 3.63) is 30.1 Å². The van der Waals surface area contributed by atoms with Crippen LogP contribution in [-0.4, -0.2) is 10.9 Å².